The lowest BCUT2D eigenvalue weighted by molar-refractivity contribution is -0.155. The number of carbonyl (C=O) groups excluding carboxylic acids is 1. The molecule has 1 saturated carbocycles. The SMILES string of the molecule is CCC(=NOCc1cccc(Cl)c1)[C@H]1O[C@@H](Oc2ccc(C=C(C)C(=O)N[C@@H]3[C@H](O)[C@@H](O)[C@H]4OCO[C@H]4[C@@H]3O)cc2N)C[C@@H]1O. The molecule has 244 valence electrons. The van der Waals surface area contributed by atoms with Gasteiger partial charge in [-0.1, -0.05) is 41.9 Å². The quantitative estimate of drug-likeness (QED) is 0.0946. The van der Waals surface area contributed by atoms with Crippen LogP contribution in [0.1, 0.15) is 37.8 Å². The number of carbonyl (C=O) groups is 1. The van der Waals surface area contributed by atoms with Crippen LogP contribution in [0.4, 0.5) is 5.69 Å². The van der Waals surface area contributed by atoms with Gasteiger partial charge in [-0.05, 0) is 54.8 Å². The fourth-order valence-corrected chi connectivity index (χ4v) is 5.80. The molecule has 2 aliphatic heterocycles. The van der Waals surface area contributed by atoms with Gasteiger partial charge in [-0.15, -0.1) is 0 Å². The average Bonchev–Trinajstić information content (AvgIpc) is 3.65. The monoisotopic (exact) mass is 647 g/mol. The van der Waals surface area contributed by atoms with Gasteiger partial charge in [0.1, 0.15) is 55.8 Å². The minimum atomic E-state index is -1.45. The third-order valence-corrected chi connectivity index (χ3v) is 8.24. The van der Waals surface area contributed by atoms with Gasteiger partial charge in [0.15, 0.2) is 0 Å². The van der Waals surface area contributed by atoms with Crippen molar-refractivity contribution >= 4 is 35.0 Å². The van der Waals surface area contributed by atoms with E-state index in [0.717, 1.165) is 5.56 Å². The van der Waals surface area contributed by atoms with Crippen LogP contribution < -0.4 is 15.8 Å². The summed E-state index contributed by atoms with van der Waals surface area (Å²) in [6, 6.07) is 11.0. The van der Waals surface area contributed by atoms with E-state index >= 15 is 0 Å². The third-order valence-electron chi connectivity index (χ3n) is 8.01. The maximum Gasteiger partial charge on any atom is 0.247 e. The molecule has 3 fully saturated rings. The summed E-state index contributed by atoms with van der Waals surface area (Å²) < 4.78 is 22.5. The van der Waals surface area contributed by atoms with E-state index in [-0.39, 0.29) is 31.1 Å². The Morgan fingerprint density at radius 3 is 2.58 bits per heavy atom. The Hall–Kier alpha value is -3.27. The molecular formula is C31H38ClN3O10. The molecule has 3 aliphatic rings. The largest absolute Gasteiger partial charge is 0.463 e. The number of anilines is 1. The summed E-state index contributed by atoms with van der Waals surface area (Å²) >= 11 is 6.02. The molecule has 0 radical (unpaired) electrons. The second kappa shape index (κ2) is 14.4. The number of nitrogens with two attached hydrogens (primary N) is 1. The Bertz CT molecular complexity index is 1420. The number of oxime groups is 1. The smallest absolute Gasteiger partial charge is 0.247 e. The molecule has 5 rings (SSSR count). The number of hydrogen-bond donors (Lipinski definition) is 6. The van der Waals surface area contributed by atoms with E-state index in [1.165, 1.54) is 0 Å². The summed E-state index contributed by atoms with van der Waals surface area (Å²) in [7, 11) is 0. The summed E-state index contributed by atoms with van der Waals surface area (Å²) in [5.41, 5.74) is 8.76. The number of fused-ring (bicyclic) bond motifs is 1. The van der Waals surface area contributed by atoms with Crippen molar-refractivity contribution < 1.29 is 49.0 Å². The second-order valence-electron chi connectivity index (χ2n) is 11.2. The van der Waals surface area contributed by atoms with Gasteiger partial charge in [0.2, 0.25) is 12.2 Å². The molecule has 2 aromatic rings. The van der Waals surface area contributed by atoms with Gasteiger partial charge in [-0.2, -0.15) is 0 Å². The predicted molar refractivity (Wildman–Crippen MR) is 163 cm³/mol. The number of halogens is 1. The first kappa shape index (κ1) is 33.1. The minimum absolute atomic E-state index is 0.126. The van der Waals surface area contributed by atoms with Crippen LogP contribution in [0.5, 0.6) is 5.75 Å². The number of hydrogen-bond acceptors (Lipinski definition) is 12. The average molecular weight is 648 g/mol. The highest BCUT2D eigenvalue weighted by atomic mass is 35.5. The number of rotatable bonds is 10. The first-order valence-corrected chi connectivity index (χ1v) is 15.0. The van der Waals surface area contributed by atoms with Crippen molar-refractivity contribution in [2.45, 2.75) is 88.4 Å². The highest BCUT2D eigenvalue weighted by Gasteiger charge is 2.53. The molecule has 45 heavy (non-hydrogen) atoms. The standard InChI is InChI=1S/C31H38ClN3O10/c1-3-20(35-43-13-17-5-4-6-18(32)10-17)28-21(36)12-23(45-28)44-22-8-7-16(11-19(22)33)9-15(2)31(40)34-24-25(37)27(39)30-29(26(24)38)41-14-42-30/h4-11,21,23-30,36-39H,3,12-14,33H2,1-2H3,(H,34,40)/t21-,23+,24+,25-,26+,27+,28+,29-,30+/m0/s1. The number of nitrogens with one attached hydrogen (secondary N) is 1. The first-order valence-electron chi connectivity index (χ1n) is 14.6. The molecule has 1 amide bonds. The Kier molecular flexibility index (Phi) is 10.6. The molecule has 0 aromatic heterocycles. The number of aliphatic hydroxyl groups is 4. The fraction of sp³-hybridized carbons (Fsp3) is 0.484. The van der Waals surface area contributed by atoms with Crippen LogP contribution in [0.15, 0.2) is 53.2 Å². The summed E-state index contributed by atoms with van der Waals surface area (Å²) in [6.07, 6.45) is -5.95. The van der Waals surface area contributed by atoms with E-state index in [9.17, 15) is 25.2 Å². The van der Waals surface area contributed by atoms with E-state index in [2.05, 4.69) is 10.5 Å². The van der Waals surface area contributed by atoms with Crippen LogP contribution >= 0.6 is 11.6 Å². The molecule has 1 aliphatic carbocycles. The molecule has 7 N–H and O–H groups in total. The second-order valence-corrected chi connectivity index (χ2v) is 11.7. The zero-order valence-electron chi connectivity index (χ0n) is 24.8. The lowest BCUT2D eigenvalue weighted by atomic mass is 9.83. The van der Waals surface area contributed by atoms with Gasteiger partial charge < -0.3 is 55.3 Å². The molecule has 0 spiro atoms. The molecule has 2 heterocycles. The maximum absolute atomic E-state index is 12.9. The molecule has 0 unspecified atom stereocenters. The van der Waals surface area contributed by atoms with Crippen molar-refractivity contribution in [2.75, 3.05) is 12.5 Å². The summed E-state index contributed by atoms with van der Waals surface area (Å²) in [4.78, 5) is 18.4. The number of amides is 1. The molecular weight excluding hydrogens is 610 g/mol. The summed E-state index contributed by atoms with van der Waals surface area (Å²) in [5, 5.41) is 49.5. The summed E-state index contributed by atoms with van der Waals surface area (Å²) in [6.45, 7) is 3.53. The molecule has 2 saturated heterocycles. The highest BCUT2D eigenvalue weighted by molar-refractivity contribution is 6.30. The van der Waals surface area contributed by atoms with Crippen molar-refractivity contribution in [3.8, 4) is 5.75 Å². The van der Waals surface area contributed by atoms with Crippen molar-refractivity contribution in [1.29, 1.82) is 0 Å². The topological polar surface area (TPSA) is 195 Å². The number of nitrogens with zero attached hydrogens (tertiary/aromatic N) is 1. The van der Waals surface area contributed by atoms with Gasteiger partial charge in [-0.25, -0.2) is 0 Å². The van der Waals surface area contributed by atoms with Gasteiger partial charge in [0, 0.05) is 17.0 Å². The van der Waals surface area contributed by atoms with E-state index in [0.29, 0.717) is 28.5 Å². The van der Waals surface area contributed by atoms with Crippen LogP contribution in [-0.2, 0) is 30.4 Å². The Morgan fingerprint density at radius 2 is 1.87 bits per heavy atom. The Labute approximate surface area is 265 Å². The Morgan fingerprint density at radius 1 is 1.11 bits per heavy atom. The minimum Gasteiger partial charge on any atom is -0.463 e. The molecule has 2 aromatic carbocycles. The number of benzene rings is 2. The van der Waals surface area contributed by atoms with E-state index < -0.39 is 61.0 Å². The third kappa shape index (κ3) is 7.59. The van der Waals surface area contributed by atoms with Crippen molar-refractivity contribution in [3.05, 3.63) is 64.2 Å². The zero-order chi connectivity index (χ0) is 32.2. The highest BCUT2D eigenvalue weighted by Crippen LogP contribution is 2.32. The number of ether oxygens (including phenoxy) is 4. The first-order chi connectivity index (χ1) is 21.5. The van der Waals surface area contributed by atoms with Crippen LogP contribution in [0.3, 0.4) is 0 Å². The zero-order valence-corrected chi connectivity index (χ0v) is 25.5. The van der Waals surface area contributed by atoms with Crippen LogP contribution in [-0.4, -0.2) is 93.9 Å². The normalized spacial score (nSPS) is 31.8. The van der Waals surface area contributed by atoms with Crippen molar-refractivity contribution in [1.82, 2.24) is 5.32 Å². The van der Waals surface area contributed by atoms with Gasteiger partial charge in [-0.3, -0.25) is 4.79 Å². The molecule has 0 bridgehead atoms. The predicted octanol–water partition coefficient (Wildman–Crippen LogP) is 1.49. The van der Waals surface area contributed by atoms with Gasteiger partial charge in [0.25, 0.3) is 0 Å². The maximum atomic E-state index is 12.9. The van der Waals surface area contributed by atoms with Crippen LogP contribution in [0.2, 0.25) is 5.02 Å². The van der Waals surface area contributed by atoms with Crippen LogP contribution in [0, 0.1) is 0 Å². The van der Waals surface area contributed by atoms with Crippen LogP contribution in [0.25, 0.3) is 6.08 Å². The summed E-state index contributed by atoms with van der Waals surface area (Å²) in [5.74, 6) is -0.235. The van der Waals surface area contributed by atoms with E-state index in [4.69, 9.17) is 41.1 Å². The fourth-order valence-electron chi connectivity index (χ4n) is 5.58. The lowest BCUT2D eigenvalue weighted by Crippen LogP contribution is -2.67. The molecule has 9 atom stereocenters. The van der Waals surface area contributed by atoms with Gasteiger partial charge in [0.05, 0.1) is 23.5 Å². The van der Waals surface area contributed by atoms with Crippen molar-refractivity contribution in [3.63, 3.8) is 0 Å². The Balaban J connectivity index is 1.17. The molecule has 14 heteroatoms. The number of nitrogen functional groups attached to an aromatic ring is 1. The van der Waals surface area contributed by atoms with Crippen molar-refractivity contribution in [2.24, 2.45) is 5.16 Å². The van der Waals surface area contributed by atoms with E-state index in [1.54, 1.807) is 43.3 Å². The lowest BCUT2D eigenvalue weighted by Gasteiger charge is -2.41. The molecule has 13 nitrogen and oxygen atoms in total. The van der Waals surface area contributed by atoms with Gasteiger partial charge >= 0.3 is 0 Å². The van der Waals surface area contributed by atoms with E-state index in [1.807, 2.05) is 19.1 Å². The number of aliphatic hydroxyl groups excluding tert-OH is 4.